The van der Waals surface area contributed by atoms with E-state index in [1.165, 1.54) is 17.5 Å². The third-order valence-electron chi connectivity index (χ3n) is 5.02. The SMILES string of the molecule is COc1ccc2c(c1)C(CN)(N1CCCOCC1)CCC2. The van der Waals surface area contributed by atoms with Gasteiger partial charge in [0.25, 0.3) is 0 Å². The molecule has 3 rings (SSSR count). The Morgan fingerprint density at radius 1 is 1.29 bits per heavy atom. The van der Waals surface area contributed by atoms with Crippen molar-refractivity contribution in [1.29, 1.82) is 0 Å². The number of nitrogens with zero attached hydrogens (tertiary/aromatic N) is 1. The normalized spacial score (nSPS) is 27.0. The van der Waals surface area contributed by atoms with Crippen LogP contribution in [-0.4, -0.2) is 44.9 Å². The average molecular weight is 290 g/mol. The van der Waals surface area contributed by atoms with Gasteiger partial charge in [-0.3, -0.25) is 4.90 Å². The van der Waals surface area contributed by atoms with Gasteiger partial charge in [-0.25, -0.2) is 0 Å². The van der Waals surface area contributed by atoms with Gasteiger partial charge in [-0.05, 0) is 48.9 Å². The summed E-state index contributed by atoms with van der Waals surface area (Å²) in [5, 5.41) is 0. The predicted octanol–water partition coefficient (Wildman–Crippen LogP) is 1.91. The van der Waals surface area contributed by atoms with Crippen LogP contribution in [0.1, 0.15) is 30.4 Å². The van der Waals surface area contributed by atoms with E-state index in [0.717, 1.165) is 51.3 Å². The number of aryl methyl sites for hydroxylation is 1. The molecule has 1 heterocycles. The number of benzene rings is 1. The number of ether oxygens (including phenoxy) is 2. The summed E-state index contributed by atoms with van der Waals surface area (Å²) >= 11 is 0. The van der Waals surface area contributed by atoms with Crippen molar-refractivity contribution < 1.29 is 9.47 Å². The first-order valence-corrected chi connectivity index (χ1v) is 8.00. The summed E-state index contributed by atoms with van der Waals surface area (Å²) < 4.78 is 11.1. The fourth-order valence-corrected chi connectivity index (χ4v) is 3.88. The third kappa shape index (κ3) is 2.68. The number of rotatable bonds is 3. The standard InChI is InChI=1S/C17H26N2O2/c1-20-15-6-5-14-4-2-7-17(13-18,16(14)12-15)19-8-3-10-21-11-9-19/h5-6,12H,2-4,7-11,13,18H2,1H3. The second-order valence-corrected chi connectivity index (χ2v) is 6.07. The lowest BCUT2D eigenvalue weighted by Crippen LogP contribution is -2.54. The van der Waals surface area contributed by atoms with Gasteiger partial charge in [0.1, 0.15) is 5.75 Å². The van der Waals surface area contributed by atoms with Crippen LogP contribution >= 0.6 is 0 Å². The van der Waals surface area contributed by atoms with Gasteiger partial charge in [0.2, 0.25) is 0 Å². The van der Waals surface area contributed by atoms with Gasteiger partial charge in [-0.2, -0.15) is 0 Å². The molecule has 1 fully saturated rings. The van der Waals surface area contributed by atoms with Crippen LogP contribution in [0.25, 0.3) is 0 Å². The molecule has 0 spiro atoms. The fourth-order valence-electron chi connectivity index (χ4n) is 3.88. The van der Waals surface area contributed by atoms with E-state index in [2.05, 4.69) is 23.1 Å². The molecular weight excluding hydrogens is 264 g/mol. The Kier molecular flexibility index (Phi) is 4.48. The zero-order chi connectivity index (χ0) is 14.7. The molecule has 0 bridgehead atoms. The maximum absolute atomic E-state index is 6.30. The van der Waals surface area contributed by atoms with Crippen LogP contribution in [0.3, 0.4) is 0 Å². The first kappa shape index (κ1) is 14.8. The fraction of sp³-hybridized carbons (Fsp3) is 0.647. The highest BCUT2D eigenvalue weighted by Gasteiger charge is 2.41. The summed E-state index contributed by atoms with van der Waals surface area (Å²) in [6.45, 7) is 4.36. The van der Waals surface area contributed by atoms with Gasteiger partial charge in [0, 0.05) is 26.2 Å². The van der Waals surface area contributed by atoms with Crippen LogP contribution in [-0.2, 0) is 16.7 Å². The van der Waals surface area contributed by atoms with Crippen molar-refractivity contribution in [1.82, 2.24) is 4.90 Å². The van der Waals surface area contributed by atoms with Crippen LogP contribution in [0.2, 0.25) is 0 Å². The van der Waals surface area contributed by atoms with E-state index >= 15 is 0 Å². The van der Waals surface area contributed by atoms with E-state index in [4.69, 9.17) is 15.2 Å². The molecular formula is C17H26N2O2. The molecule has 4 nitrogen and oxygen atoms in total. The molecule has 1 atom stereocenters. The molecule has 116 valence electrons. The van der Waals surface area contributed by atoms with E-state index in [1.807, 2.05) is 0 Å². The van der Waals surface area contributed by atoms with Crippen molar-refractivity contribution in [2.75, 3.05) is 40.0 Å². The highest BCUT2D eigenvalue weighted by atomic mass is 16.5. The molecule has 0 saturated carbocycles. The van der Waals surface area contributed by atoms with Crippen LogP contribution in [0, 0.1) is 0 Å². The lowest BCUT2D eigenvalue weighted by molar-refractivity contribution is 0.0660. The van der Waals surface area contributed by atoms with Gasteiger partial charge >= 0.3 is 0 Å². The van der Waals surface area contributed by atoms with Gasteiger partial charge in [0.15, 0.2) is 0 Å². The molecule has 1 aliphatic carbocycles. The second kappa shape index (κ2) is 6.34. The zero-order valence-electron chi connectivity index (χ0n) is 12.9. The van der Waals surface area contributed by atoms with E-state index in [0.29, 0.717) is 6.54 Å². The van der Waals surface area contributed by atoms with E-state index < -0.39 is 0 Å². The number of methoxy groups -OCH3 is 1. The van der Waals surface area contributed by atoms with Gasteiger partial charge in [-0.15, -0.1) is 0 Å². The molecule has 1 aromatic carbocycles. The quantitative estimate of drug-likeness (QED) is 0.924. The van der Waals surface area contributed by atoms with Crippen molar-refractivity contribution in [3.8, 4) is 5.75 Å². The topological polar surface area (TPSA) is 47.7 Å². The molecule has 4 heteroatoms. The number of nitrogens with two attached hydrogens (primary N) is 1. The molecule has 2 aliphatic rings. The average Bonchev–Trinajstić information content (AvgIpc) is 2.83. The molecule has 1 aromatic rings. The van der Waals surface area contributed by atoms with Crippen LogP contribution < -0.4 is 10.5 Å². The van der Waals surface area contributed by atoms with Crippen molar-refractivity contribution in [2.24, 2.45) is 5.73 Å². The Labute approximate surface area is 127 Å². The van der Waals surface area contributed by atoms with Gasteiger partial charge in [0.05, 0.1) is 19.3 Å². The summed E-state index contributed by atoms with van der Waals surface area (Å²) in [7, 11) is 1.73. The first-order chi connectivity index (χ1) is 10.3. The molecule has 1 aliphatic heterocycles. The summed E-state index contributed by atoms with van der Waals surface area (Å²) in [6, 6.07) is 6.48. The Bertz CT molecular complexity index is 484. The minimum Gasteiger partial charge on any atom is -0.497 e. The Morgan fingerprint density at radius 3 is 3.00 bits per heavy atom. The Balaban J connectivity index is 2.02. The Hall–Kier alpha value is -1.10. The molecule has 0 aromatic heterocycles. The van der Waals surface area contributed by atoms with Gasteiger partial charge < -0.3 is 15.2 Å². The monoisotopic (exact) mass is 290 g/mol. The lowest BCUT2D eigenvalue weighted by Gasteiger charge is -2.46. The molecule has 1 unspecified atom stereocenters. The van der Waals surface area contributed by atoms with Crippen molar-refractivity contribution >= 4 is 0 Å². The van der Waals surface area contributed by atoms with Crippen LogP contribution in [0.5, 0.6) is 5.75 Å². The lowest BCUT2D eigenvalue weighted by atomic mass is 9.75. The molecule has 21 heavy (non-hydrogen) atoms. The van der Waals surface area contributed by atoms with Crippen molar-refractivity contribution in [2.45, 2.75) is 31.2 Å². The summed E-state index contributed by atoms with van der Waals surface area (Å²) in [4.78, 5) is 2.55. The smallest absolute Gasteiger partial charge is 0.119 e. The van der Waals surface area contributed by atoms with E-state index in [9.17, 15) is 0 Å². The molecule has 1 saturated heterocycles. The maximum Gasteiger partial charge on any atom is 0.119 e. The van der Waals surface area contributed by atoms with Crippen molar-refractivity contribution in [3.63, 3.8) is 0 Å². The molecule has 2 N–H and O–H groups in total. The van der Waals surface area contributed by atoms with Crippen molar-refractivity contribution in [3.05, 3.63) is 29.3 Å². The zero-order valence-corrected chi connectivity index (χ0v) is 12.9. The molecule has 0 radical (unpaired) electrons. The Morgan fingerprint density at radius 2 is 2.19 bits per heavy atom. The third-order valence-corrected chi connectivity index (χ3v) is 5.02. The van der Waals surface area contributed by atoms with Crippen LogP contribution in [0.4, 0.5) is 0 Å². The van der Waals surface area contributed by atoms with Gasteiger partial charge in [-0.1, -0.05) is 6.07 Å². The summed E-state index contributed by atoms with van der Waals surface area (Å²) in [5.74, 6) is 0.930. The summed E-state index contributed by atoms with van der Waals surface area (Å²) in [5.41, 5.74) is 9.06. The largest absolute Gasteiger partial charge is 0.497 e. The van der Waals surface area contributed by atoms with E-state index in [1.54, 1.807) is 7.11 Å². The first-order valence-electron chi connectivity index (χ1n) is 8.00. The minimum absolute atomic E-state index is 0.0458. The highest BCUT2D eigenvalue weighted by molar-refractivity contribution is 5.42. The number of fused-ring (bicyclic) bond motifs is 1. The van der Waals surface area contributed by atoms with Crippen LogP contribution in [0.15, 0.2) is 18.2 Å². The minimum atomic E-state index is -0.0458. The highest BCUT2D eigenvalue weighted by Crippen LogP contribution is 2.41. The molecule has 0 amide bonds. The number of hydrogen-bond acceptors (Lipinski definition) is 4. The summed E-state index contributed by atoms with van der Waals surface area (Å²) in [6.07, 6.45) is 4.56. The predicted molar refractivity (Wildman–Crippen MR) is 83.7 cm³/mol. The second-order valence-electron chi connectivity index (χ2n) is 6.07. The van der Waals surface area contributed by atoms with E-state index in [-0.39, 0.29) is 5.54 Å². The number of hydrogen-bond donors (Lipinski definition) is 1. The maximum atomic E-state index is 6.30.